The fourth-order valence-corrected chi connectivity index (χ4v) is 11.2. The van der Waals surface area contributed by atoms with E-state index < -0.39 is 24.3 Å². The Morgan fingerprint density at radius 2 is 0.600 bits per heavy atom. The van der Waals surface area contributed by atoms with E-state index in [4.69, 9.17) is 18.9 Å². The minimum atomic E-state index is -1.53. The number of rotatable bonds is 73. The molecule has 0 aromatic rings. The zero-order chi connectivity index (χ0) is 69.0. The second-order valence-electron chi connectivity index (χ2n) is 27.7. The van der Waals surface area contributed by atoms with Crippen LogP contribution in [-0.4, -0.2) is 87.4 Å². The number of likely N-dealkylation sites (N-methyl/N-ethyl adjacent to an activating group) is 1. The first kappa shape index (κ1) is 90.7. The van der Waals surface area contributed by atoms with Crippen molar-refractivity contribution >= 4 is 17.9 Å². The number of hydrogen-bond donors (Lipinski definition) is 1. The predicted octanol–water partition coefficient (Wildman–Crippen LogP) is 25.5. The monoisotopic (exact) mass is 1330 g/mol. The number of ether oxygens (including phenoxy) is 4. The van der Waals surface area contributed by atoms with Crippen LogP contribution in [0.25, 0.3) is 0 Å². The van der Waals surface area contributed by atoms with Gasteiger partial charge < -0.3 is 28.5 Å². The standard InChI is InChI=1S/C86H149NO8/c1-6-8-10-12-14-16-18-20-22-24-26-28-30-32-34-36-38-40-42-44-46-48-50-52-54-56-58-60-62-64-66-68-70-72-74-76-83(88)93-80-82(81-94-86(85(90)91)92-79-78-87(3,4)5)95-84(89)77-75-73-71-69-67-65-63-61-59-57-55-53-51-49-47-45-43-41-39-37-35-33-31-29-27-25-23-21-19-17-15-13-11-9-7-2/h9,11,15,17,21,23,27,29,33,35,39,41,45,47,51,53,57,59,63,65,82,86H,6-8,10,12-14,16,18-20,22,24-26,28,30-32,34,36-38,40,42-44,46,48-50,52,54-56,58,60-62,64,66-81H2,1-5H3/p+1/b11-9-,17-15-,23-21-,29-27-,35-33-,41-39-,47-45-,53-51-,59-57-,65-63-. The minimum Gasteiger partial charge on any atom is -0.477 e. The molecule has 9 heteroatoms. The smallest absolute Gasteiger partial charge is 0.361 e. The molecule has 0 heterocycles. The average Bonchev–Trinajstić information content (AvgIpc) is 3.58. The summed E-state index contributed by atoms with van der Waals surface area (Å²) < 4.78 is 23.0. The van der Waals surface area contributed by atoms with Crippen molar-refractivity contribution in [3.8, 4) is 0 Å². The number of carboxylic acids is 1. The zero-order valence-electron chi connectivity index (χ0n) is 62.6. The number of nitrogens with zero attached hydrogens (tertiary/aromatic N) is 1. The van der Waals surface area contributed by atoms with Gasteiger partial charge in [0.2, 0.25) is 0 Å². The van der Waals surface area contributed by atoms with Crippen LogP contribution < -0.4 is 0 Å². The van der Waals surface area contributed by atoms with E-state index >= 15 is 0 Å². The van der Waals surface area contributed by atoms with Crippen LogP contribution >= 0.6 is 0 Å². The molecular weight excluding hydrogens is 1170 g/mol. The summed E-state index contributed by atoms with van der Waals surface area (Å²) in [5, 5.41) is 9.77. The van der Waals surface area contributed by atoms with Gasteiger partial charge in [-0.1, -0.05) is 367 Å². The third-order valence-corrected chi connectivity index (χ3v) is 17.2. The van der Waals surface area contributed by atoms with E-state index in [2.05, 4.69) is 135 Å². The fraction of sp³-hybridized carbons (Fsp3) is 0.733. The maximum absolute atomic E-state index is 13.0. The summed E-state index contributed by atoms with van der Waals surface area (Å²) in [6.45, 7) is 4.77. The molecule has 0 rings (SSSR count). The number of carboxylic acid groups (broad SMARTS) is 1. The average molecular weight is 1330 g/mol. The van der Waals surface area contributed by atoms with E-state index in [0.717, 1.165) is 109 Å². The quantitative estimate of drug-likeness (QED) is 0.0211. The van der Waals surface area contributed by atoms with E-state index in [0.29, 0.717) is 23.9 Å². The highest BCUT2D eigenvalue weighted by Gasteiger charge is 2.25. The molecule has 95 heavy (non-hydrogen) atoms. The van der Waals surface area contributed by atoms with E-state index in [1.165, 1.54) is 205 Å². The summed E-state index contributed by atoms with van der Waals surface area (Å²) in [5.74, 6) is -2.03. The highest BCUT2D eigenvalue weighted by Crippen LogP contribution is 2.19. The summed E-state index contributed by atoms with van der Waals surface area (Å²) in [6, 6.07) is 0. The second-order valence-corrected chi connectivity index (χ2v) is 27.7. The van der Waals surface area contributed by atoms with Gasteiger partial charge in [0.05, 0.1) is 34.4 Å². The van der Waals surface area contributed by atoms with Gasteiger partial charge in [0.15, 0.2) is 6.10 Å². The van der Waals surface area contributed by atoms with Gasteiger partial charge in [0, 0.05) is 12.8 Å². The van der Waals surface area contributed by atoms with Gasteiger partial charge in [0.1, 0.15) is 13.2 Å². The van der Waals surface area contributed by atoms with Crippen LogP contribution in [0.3, 0.4) is 0 Å². The molecule has 0 aromatic carbocycles. The molecular formula is C86H150NO8+. The van der Waals surface area contributed by atoms with E-state index in [-0.39, 0.29) is 32.2 Å². The highest BCUT2D eigenvalue weighted by molar-refractivity contribution is 5.71. The Labute approximate surface area is 587 Å². The molecule has 0 saturated carbocycles. The first-order valence-corrected chi connectivity index (χ1v) is 39.7. The van der Waals surface area contributed by atoms with Crippen LogP contribution in [0, 0.1) is 0 Å². The van der Waals surface area contributed by atoms with Gasteiger partial charge in [-0.2, -0.15) is 0 Å². The maximum atomic E-state index is 13.0. The van der Waals surface area contributed by atoms with Gasteiger partial charge in [-0.25, -0.2) is 4.79 Å². The molecule has 2 unspecified atom stereocenters. The molecule has 0 saturated heterocycles. The zero-order valence-corrected chi connectivity index (χ0v) is 62.6. The van der Waals surface area contributed by atoms with Crippen molar-refractivity contribution in [1.29, 1.82) is 0 Å². The molecule has 0 bridgehead atoms. The van der Waals surface area contributed by atoms with Crippen molar-refractivity contribution in [2.75, 3.05) is 47.5 Å². The molecule has 0 aliphatic heterocycles. The lowest BCUT2D eigenvalue weighted by molar-refractivity contribution is -0.870. The number of unbranched alkanes of at least 4 members (excludes halogenated alkanes) is 38. The van der Waals surface area contributed by atoms with Crippen molar-refractivity contribution in [2.45, 2.75) is 360 Å². The van der Waals surface area contributed by atoms with Crippen molar-refractivity contribution in [1.82, 2.24) is 0 Å². The third-order valence-electron chi connectivity index (χ3n) is 17.2. The third kappa shape index (κ3) is 76.9. The van der Waals surface area contributed by atoms with Crippen LogP contribution in [-0.2, 0) is 33.3 Å². The Morgan fingerprint density at radius 1 is 0.326 bits per heavy atom. The molecule has 0 radical (unpaired) electrons. The molecule has 0 amide bonds. The number of hydrogen-bond acceptors (Lipinski definition) is 7. The molecule has 0 aliphatic rings. The van der Waals surface area contributed by atoms with Crippen molar-refractivity contribution < 1.29 is 42.9 Å². The summed E-state index contributed by atoms with van der Waals surface area (Å²) in [5.41, 5.74) is 0. The number of carbonyl (C=O) groups excluding carboxylic acids is 2. The largest absolute Gasteiger partial charge is 0.477 e. The van der Waals surface area contributed by atoms with Gasteiger partial charge in [-0.05, 0) is 89.9 Å². The number of quaternary nitrogens is 1. The molecule has 546 valence electrons. The molecule has 9 nitrogen and oxygen atoms in total. The van der Waals surface area contributed by atoms with Crippen molar-refractivity contribution in [3.05, 3.63) is 122 Å². The number of carbonyl (C=O) groups is 3. The number of esters is 2. The summed E-state index contributed by atoms with van der Waals surface area (Å²) in [6.07, 6.45) is 105. The van der Waals surface area contributed by atoms with Crippen LogP contribution in [0.2, 0.25) is 0 Å². The van der Waals surface area contributed by atoms with Crippen molar-refractivity contribution in [2.24, 2.45) is 0 Å². The SMILES string of the molecule is CC/C=C\C/C=C\C/C=C\C/C=C\C/C=C\C/C=C\C/C=C\C/C=C\C/C=C\C/C=C\CCCCCCC(=O)OC(COC(=O)CCCCCCCCCCCCCCCCCCCCCCCCCCCCCCCCCCCCC)COC(OCC[N+](C)(C)C)C(=O)O. The van der Waals surface area contributed by atoms with Crippen LogP contribution in [0.4, 0.5) is 0 Å². The van der Waals surface area contributed by atoms with Crippen LogP contribution in [0.1, 0.15) is 348 Å². The number of aliphatic carboxylic acids is 1. The Morgan fingerprint density at radius 3 is 0.895 bits per heavy atom. The fourth-order valence-electron chi connectivity index (χ4n) is 11.2. The molecule has 0 aromatic heterocycles. The Bertz CT molecular complexity index is 1980. The van der Waals surface area contributed by atoms with Gasteiger partial charge in [-0.15, -0.1) is 0 Å². The van der Waals surface area contributed by atoms with Crippen LogP contribution in [0.5, 0.6) is 0 Å². The van der Waals surface area contributed by atoms with Gasteiger partial charge in [0.25, 0.3) is 6.29 Å². The second kappa shape index (κ2) is 75.5. The Kier molecular flexibility index (Phi) is 72.0. The van der Waals surface area contributed by atoms with Crippen molar-refractivity contribution in [3.63, 3.8) is 0 Å². The Balaban J connectivity index is 4.11. The topological polar surface area (TPSA) is 108 Å². The molecule has 0 fully saturated rings. The molecule has 2 atom stereocenters. The van der Waals surface area contributed by atoms with Gasteiger partial charge >= 0.3 is 17.9 Å². The lowest BCUT2D eigenvalue weighted by Crippen LogP contribution is -2.40. The lowest BCUT2D eigenvalue weighted by atomic mass is 10.0. The molecule has 0 aliphatic carbocycles. The predicted molar refractivity (Wildman–Crippen MR) is 410 cm³/mol. The minimum absolute atomic E-state index is 0.178. The van der Waals surface area contributed by atoms with Gasteiger partial charge in [-0.3, -0.25) is 9.59 Å². The van der Waals surface area contributed by atoms with Crippen LogP contribution in [0.15, 0.2) is 122 Å². The Hall–Kier alpha value is -4.31. The molecule has 0 spiro atoms. The summed E-state index contributed by atoms with van der Waals surface area (Å²) >= 11 is 0. The summed E-state index contributed by atoms with van der Waals surface area (Å²) in [4.78, 5) is 37.7. The molecule has 1 N–H and O–H groups in total. The maximum Gasteiger partial charge on any atom is 0.361 e. The van der Waals surface area contributed by atoms with E-state index in [1.54, 1.807) is 0 Å². The van der Waals surface area contributed by atoms with E-state index in [9.17, 15) is 19.5 Å². The van der Waals surface area contributed by atoms with E-state index in [1.807, 2.05) is 21.1 Å². The first-order valence-electron chi connectivity index (χ1n) is 39.7. The summed E-state index contributed by atoms with van der Waals surface area (Å²) in [7, 11) is 5.97. The highest BCUT2D eigenvalue weighted by atomic mass is 16.7. The normalized spacial score (nSPS) is 13.3. The first-order chi connectivity index (χ1) is 46.6. The number of allylic oxidation sites excluding steroid dienone is 20. The lowest BCUT2D eigenvalue weighted by Gasteiger charge is -2.25.